The maximum absolute atomic E-state index is 13.5. The third kappa shape index (κ3) is 3.83. The van der Waals surface area contributed by atoms with Crippen molar-refractivity contribution < 1.29 is 17.9 Å². The lowest BCUT2D eigenvalue weighted by molar-refractivity contribution is -0.112. The molecule has 32 heavy (non-hydrogen) atoms. The number of amides is 1. The van der Waals surface area contributed by atoms with Crippen LogP contribution in [0.25, 0.3) is 5.57 Å². The molecule has 0 atom stereocenters. The van der Waals surface area contributed by atoms with Gasteiger partial charge in [-0.15, -0.1) is 0 Å². The summed E-state index contributed by atoms with van der Waals surface area (Å²) in [5, 5.41) is 3.35. The molecule has 0 fully saturated rings. The minimum absolute atomic E-state index is 0.276. The van der Waals surface area contributed by atoms with Gasteiger partial charge in [0.05, 0.1) is 17.8 Å². The number of nitrogens with zero attached hydrogens (tertiary/aromatic N) is 1. The summed E-state index contributed by atoms with van der Waals surface area (Å²) in [6.45, 7) is 0. The molecule has 0 radical (unpaired) electrons. The lowest BCUT2D eigenvalue weighted by Crippen LogP contribution is -2.37. The van der Waals surface area contributed by atoms with E-state index in [0.29, 0.717) is 33.3 Å². The highest BCUT2D eigenvalue weighted by Gasteiger charge is 2.39. The second-order valence-corrected chi connectivity index (χ2v) is 9.76. The van der Waals surface area contributed by atoms with Crippen LogP contribution in [0.15, 0.2) is 71.6 Å². The van der Waals surface area contributed by atoms with E-state index in [1.54, 1.807) is 54.6 Å². The van der Waals surface area contributed by atoms with Gasteiger partial charge in [-0.2, -0.15) is 0 Å². The second-order valence-electron chi connectivity index (χ2n) is 7.01. The van der Waals surface area contributed by atoms with Crippen LogP contribution < -0.4 is 14.4 Å². The summed E-state index contributed by atoms with van der Waals surface area (Å²) < 4.78 is 33.2. The molecule has 1 amide bonds. The fourth-order valence-electron chi connectivity index (χ4n) is 3.55. The van der Waals surface area contributed by atoms with Gasteiger partial charge in [0.15, 0.2) is 4.91 Å². The highest BCUT2D eigenvalue weighted by atomic mass is 35.5. The molecule has 3 aromatic carbocycles. The highest BCUT2D eigenvalue weighted by molar-refractivity contribution is 7.97. The zero-order valence-electron chi connectivity index (χ0n) is 17.1. The molecule has 0 saturated carbocycles. The van der Waals surface area contributed by atoms with E-state index in [4.69, 9.17) is 27.9 Å². The van der Waals surface area contributed by atoms with Crippen LogP contribution in [0, 0.1) is 0 Å². The quantitative estimate of drug-likeness (QED) is 0.548. The van der Waals surface area contributed by atoms with Gasteiger partial charge in [-0.1, -0.05) is 53.5 Å². The molecule has 0 aromatic heterocycles. The van der Waals surface area contributed by atoms with Crippen LogP contribution in [0.1, 0.15) is 11.1 Å². The SMILES string of the molecule is COc1ccc(NC(=O)C2=C(c3ccccc3)c3cc(Cl)ccc3N(C)S2(=O)=O)cc1Cl. The van der Waals surface area contributed by atoms with E-state index < -0.39 is 15.9 Å². The van der Waals surface area contributed by atoms with Gasteiger partial charge in [-0.05, 0) is 42.0 Å². The van der Waals surface area contributed by atoms with E-state index in [9.17, 15) is 13.2 Å². The van der Waals surface area contributed by atoms with Crippen molar-refractivity contribution in [3.05, 3.63) is 92.8 Å². The maximum atomic E-state index is 13.5. The monoisotopic (exact) mass is 488 g/mol. The predicted molar refractivity (Wildman–Crippen MR) is 128 cm³/mol. The highest BCUT2D eigenvalue weighted by Crippen LogP contribution is 2.43. The van der Waals surface area contributed by atoms with Crippen molar-refractivity contribution >= 4 is 56.1 Å². The molecular weight excluding hydrogens is 471 g/mol. The number of hydrogen-bond acceptors (Lipinski definition) is 4. The lowest BCUT2D eigenvalue weighted by Gasteiger charge is -2.31. The summed E-state index contributed by atoms with van der Waals surface area (Å²) in [4.78, 5) is 13.0. The Morgan fingerprint density at radius 2 is 1.72 bits per heavy atom. The first-order chi connectivity index (χ1) is 15.2. The summed E-state index contributed by atoms with van der Waals surface area (Å²) in [7, 11) is -1.29. The smallest absolute Gasteiger partial charge is 0.270 e. The minimum Gasteiger partial charge on any atom is -0.495 e. The van der Waals surface area contributed by atoms with Crippen molar-refractivity contribution in [2.45, 2.75) is 0 Å². The number of rotatable bonds is 4. The molecule has 0 spiro atoms. The fraction of sp³-hybridized carbons (Fsp3) is 0.0870. The Balaban J connectivity index is 1.94. The molecule has 1 aliphatic heterocycles. The third-order valence-corrected chi connectivity index (χ3v) is 7.44. The van der Waals surface area contributed by atoms with Gasteiger partial charge in [0.1, 0.15) is 5.75 Å². The zero-order chi connectivity index (χ0) is 23.0. The number of benzene rings is 3. The Kier molecular flexibility index (Phi) is 5.90. The average Bonchev–Trinajstić information content (AvgIpc) is 2.76. The summed E-state index contributed by atoms with van der Waals surface area (Å²) in [5.74, 6) is -0.356. The molecule has 0 bridgehead atoms. The first-order valence-corrected chi connectivity index (χ1v) is 11.7. The van der Waals surface area contributed by atoms with Crippen LogP contribution in [-0.4, -0.2) is 28.5 Å². The molecular formula is C23H18Cl2N2O4S. The van der Waals surface area contributed by atoms with E-state index in [1.807, 2.05) is 6.07 Å². The summed E-state index contributed by atoms with van der Waals surface area (Å²) in [6, 6.07) is 18.4. The van der Waals surface area contributed by atoms with Crippen molar-refractivity contribution in [3.8, 4) is 5.75 Å². The number of nitrogens with one attached hydrogen (secondary N) is 1. The number of carbonyl (C=O) groups is 1. The fourth-order valence-corrected chi connectivity index (χ4v) is 5.45. The van der Waals surface area contributed by atoms with Gasteiger partial charge in [0, 0.05) is 28.9 Å². The van der Waals surface area contributed by atoms with Crippen molar-refractivity contribution in [1.82, 2.24) is 0 Å². The van der Waals surface area contributed by atoms with Crippen molar-refractivity contribution in [2.24, 2.45) is 0 Å². The number of hydrogen-bond donors (Lipinski definition) is 1. The molecule has 0 aliphatic carbocycles. The van der Waals surface area contributed by atoms with E-state index in [0.717, 1.165) is 4.31 Å². The van der Waals surface area contributed by atoms with Gasteiger partial charge in [0.2, 0.25) is 0 Å². The normalized spacial score (nSPS) is 14.7. The molecule has 164 valence electrons. The maximum Gasteiger partial charge on any atom is 0.270 e. The van der Waals surface area contributed by atoms with Crippen molar-refractivity contribution in [3.63, 3.8) is 0 Å². The van der Waals surface area contributed by atoms with Gasteiger partial charge >= 0.3 is 0 Å². The zero-order valence-corrected chi connectivity index (χ0v) is 19.4. The Morgan fingerprint density at radius 3 is 2.38 bits per heavy atom. The Labute approximate surface area is 196 Å². The number of sulfonamides is 1. The van der Waals surface area contributed by atoms with Crippen molar-refractivity contribution in [1.29, 1.82) is 0 Å². The van der Waals surface area contributed by atoms with Crippen LogP contribution in [-0.2, 0) is 14.8 Å². The van der Waals surface area contributed by atoms with Gasteiger partial charge < -0.3 is 10.1 Å². The number of ether oxygens (including phenoxy) is 1. The lowest BCUT2D eigenvalue weighted by atomic mass is 9.95. The average molecular weight is 489 g/mol. The second kappa shape index (κ2) is 8.50. The van der Waals surface area contributed by atoms with Crippen LogP contribution >= 0.6 is 23.2 Å². The van der Waals surface area contributed by atoms with Crippen LogP contribution in [0.5, 0.6) is 5.75 Å². The van der Waals surface area contributed by atoms with E-state index in [-0.39, 0.29) is 15.5 Å². The Bertz CT molecular complexity index is 1360. The molecule has 1 heterocycles. The molecule has 9 heteroatoms. The summed E-state index contributed by atoms with van der Waals surface area (Å²) in [5.41, 5.74) is 2.15. The standard InChI is InChI=1S/C23H18Cl2N2O4S/c1-27-19-10-8-15(24)12-17(19)21(14-6-4-3-5-7-14)22(32(27,29)30)23(28)26-16-9-11-20(31-2)18(25)13-16/h3-13H,1-2H3,(H,26,28). The molecule has 1 aliphatic rings. The molecule has 1 N–H and O–H groups in total. The summed E-state index contributed by atoms with van der Waals surface area (Å²) >= 11 is 12.4. The molecule has 6 nitrogen and oxygen atoms in total. The Morgan fingerprint density at radius 1 is 1.00 bits per heavy atom. The van der Waals surface area contributed by atoms with Gasteiger partial charge in [-0.3, -0.25) is 9.10 Å². The predicted octanol–water partition coefficient (Wildman–Crippen LogP) is 5.18. The van der Waals surface area contributed by atoms with E-state index in [2.05, 4.69) is 5.32 Å². The number of fused-ring (bicyclic) bond motifs is 1. The summed E-state index contributed by atoms with van der Waals surface area (Å²) in [6.07, 6.45) is 0. The number of anilines is 2. The largest absolute Gasteiger partial charge is 0.495 e. The third-order valence-electron chi connectivity index (χ3n) is 5.09. The van der Waals surface area contributed by atoms with E-state index in [1.165, 1.54) is 20.2 Å². The first kappa shape index (κ1) is 22.2. The molecule has 0 saturated heterocycles. The van der Waals surface area contributed by atoms with Crippen LogP contribution in [0.4, 0.5) is 11.4 Å². The van der Waals surface area contributed by atoms with Gasteiger partial charge in [-0.25, -0.2) is 8.42 Å². The van der Waals surface area contributed by atoms with Crippen LogP contribution in [0.3, 0.4) is 0 Å². The number of halogens is 2. The number of carbonyl (C=O) groups excluding carboxylic acids is 1. The Hall–Kier alpha value is -3.00. The van der Waals surface area contributed by atoms with Gasteiger partial charge in [0.25, 0.3) is 15.9 Å². The number of methoxy groups -OCH3 is 1. The van der Waals surface area contributed by atoms with Crippen LogP contribution in [0.2, 0.25) is 10.0 Å². The van der Waals surface area contributed by atoms with E-state index >= 15 is 0 Å². The molecule has 3 aromatic rings. The van der Waals surface area contributed by atoms with Crippen molar-refractivity contribution in [2.75, 3.05) is 23.8 Å². The molecule has 0 unspecified atom stereocenters. The molecule has 4 rings (SSSR count). The first-order valence-electron chi connectivity index (χ1n) is 9.47. The minimum atomic E-state index is -4.17. The topological polar surface area (TPSA) is 75.7 Å².